The van der Waals surface area contributed by atoms with E-state index in [1.165, 1.54) is 25.2 Å². The van der Waals surface area contributed by atoms with E-state index in [9.17, 15) is 22.8 Å². The summed E-state index contributed by atoms with van der Waals surface area (Å²) in [7, 11) is 1.47. The molecule has 0 aliphatic heterocycles. The molecule has 0 saturated heterocycles. The summed E-state index contributed by atoms with van der Waals surface area (Å²) in [5.74, 6) is -0.209. The zero-order valence-electron chi connectivity index (χ0n) is 15.1. The molecule has 2 aromatic heterocycles. The first-order valence-corrected chi connectivity index (χ1v) is 8.77. The van der Waals surface area contributed by atoms with Crippen molar-refractivity contribution < 1.29 is 22.7 Å². The van der Waals surface area contributed by atoms with Crippen LogP contribution >= 0.6 is 0 Å². The third-order valence-electron chi connectivity index (χ3n) is 4.55. The van der Waals surface area contributed by atoms with Crippen molar-refractivity contribution in [3.8, 4) is 5.88 Å². The van der Waals surface area contributed by atoms with Gasteiger partial charge < -0.3 is 10.1 Å². The number of nitrogens with zero attached hydrogens (tertiary/aromatic N) is 3. The number of pyridine rings is 1. The topological polar surface area (TPSA) is 86.1 Å². The highest BCUT2D eigenvalue weighted by Gasteiger charge is 2.31. The second kappa shape index (κ2) is 7.99. The van der Waals surface area contributed by atoms with Crippen LogP contribution in [0.5, 0.6) is 5.88 Å². The maximum Gasteiger partial charge on any atom is 0.417 e. The van der Waals surface area contributed by atoms with Crippen LogP contribution < -0.4 is 15.6 Å². The van der Waals surface area contributed by atoms with Crippen LogP contribution in [0.2, 0.25) is 0 Å². The van der Waals surface area contributed by atoms with Crippen LogP contribution in [0.3, 0.4) is 0 Å². The molecule has 1 aliphatic carbocycles. The summed E-state index contributed by atoms with van der Waals surface area (Å²) < 4.78 is 44.4. The summed E-state index contributed by atoms with van der Waals surface area (Å²) in [4.78, 5) is 27.3. The van der Waals surface area contributed by atoms with E-state index in [2.05, 4.69) is 15.4 Å². The minimum absolute atomic E-state index is 0.0630. The smallest absolute Gasteiger partial charge is 0.417 e. The van der Waals surface area contributed by atoms with E-state index >= 15 is 0 Å². The zero-order valence-corrected chi connectivity index (χ0v) is 15.1. The lowest BCUT2D eigenvalue weighted by atomic mass is 9.93. The molecule has 0 spiro atoms. The van der Waals surface area contributed by atoms with Crippen molar-refractivity contribution in [1.82, 2.24) is 20.1 Å². The second-order valence-electron chi connectivity index (χ2n) is 6.63. The number of amides is 1. The van der Waals surface area contributed by atoms with Gasteiger partial charge in [-0.3, -0.25) is 9.59 Å². The van der Waals surface area contributed by atoms with Crippen molar-refractivity contribution in [2.24, 2.45) is 7.05 Å². The van der Waals surface area contributed by atoms with Crippen molar-refractivity contribution in [3.63, 3.8) is 0 Å². The maximum atomic E-state index is 12.6. The molecule has 1 N–H and O–H groups in total. The van der Waals surface area contributed by atoms with Crippen LogP contribution in [0.1, 0.15) is 41.7 Å². The van der Waals surface area contributed by atoms with Crippen molar-refractivity contribution in [3.05, 3.63) is 52.1 Å². The number of rotatable bonds is 4. The average Bonchev–Trinajstić information content (AvgIpc) is 2.65. The third kappa shape index (κ3) is 4.87. The number of aryl methyl sites for hydroxylation is 1. The second-order valence-corrected chi connectivity index (χ2v) is 6.63. The molecule has 3 rings (SSSR count). The lowest BCUT2D eigenvalue weighted by Crippen LogP contribution is -2.40. The minimum Gasteiger partial charge on any atom is -0.474 e. The quantitative estimate of drug-likeness (QED) is 0.857. The number of halogens is 3. The number of ether oxygens (including phenoxy) is 1. The Balaban J connectivity index is 1.49. The summed E-state index contributed by atoms with van der Waals surface area (Å²) in [6.45, 7) is 0. The number of hydrogen-bond acceptors (Lipinski definition) is 5. The summed E-state index contributed by atoms with van der Waals surface area (Å²) in [6.07, 6.45) is -1.27. The molecule has 0 atom stereocenters. The molecule has 10 heteroatoms. The van der Waals surface area contributed by atoms with Gasteiger partial charge in [0.05, 0.1) is 5.56 Å². The fraction of sp³-hybridized carbons (Fsp3) is 0.444. The first-order chi connectivity index (χ1) is 13.2. The van der Waals surface area contributed by atoms with Crippen LogP contribution in [0.4, 0.5) is 13.2 Å². The Morgan fingerprint density at radius 1 is 1.18 bits per heavy atom. The highest BCUT2D eigenvalue weighted by Crippen LogP contribution is 2.30. The number of hydrogen-bond donors (Lipinski definition) is 1. The number of carbonyl (C=O) groups is 1. The Hall–Kier alpha value is -2.91. The highest BCUT2D eigenvalue weighted by atomic mass is 19.4. The fourth-order valence-electron chi connectivity index (χ4n) is 3.00. The molecule has 0 bridgehead atoms. The van der Waals surface area contributed by atoms with Gasteiger partial charge in [-0.1, -0.05) is 0 Å². The van der Waals surface area contributed by atoms with E-state index in [-0.39, 0.29) is 35.2 Å². The molecule has 2 aromatic rings. The van der Waals surface area contributed by atoms with Crippen molar-refractivity contribution in [1.29, 1.82) is 0 Å². The normalized spacial score (nSPS) is 19.9. The van der Waals surface area contributed by atoms with Crippen LogP contribution in [0.15, 0.2) is 35.3 Å². The van der Waals surface area contributed by atoms with Gasteiger partial charge in [0.25, 0.3) is 11.5 Å². The highest BCUT2D eigenvalue weighted by molar-refractivity contribution is 5.92. The van der Waals surface area contributed by atoms with Gasteiger partial charge in [0.15, 0.2) is 0 Å². The predicted molar refractivity (Wildman–Crippen MR) is 92.9 cm³/mol. The van der Waals surface area contributed by atoms with Crippen LogP contribution in [-0.2, 0) is 13.2 Å². The van der Waals surface area contributed by atoms with E-state index < -0.39 is 11.7 Å². The number of alkyl halides is 3. The summed E-state index contributed by atoms with van der Waals surface area (Å²) in [6, 6.07) is 4.75. The Morgan fingerprint density at radius 3 is 2.46 bits per heavy atom. The van der Waals surface area contributed by atoms with Crippen molar-refractivity contribution in [2.75, 3.05) is 0 Å². The summed E-state index contributed by atoms with van der Waals surface area (Å²) in [5, 5.41) is 6.79. The molecule has 150 valence electrons. The predicted octanol–water partition coefficient (Wildman–Crippen LogP) is 2.31. The molecule has 1 saturated carbocycles. The molecule has 1 aliphatic rings. The SMILES string of the molecule is Cn1nc(C(=O)NC2CCC(Oc3ccc(C(F)(F)F)cn3)CC2)ccc1=O. The van der Waals surface area contributed by atoms with Crippen molar-refractivity contribution in [2.45, 2.75) is 44.0 Å². The fourth-order valence-corrected chi connectivity index (χ4v) is 3.00. The molecule has 28 heavy (non-hydrogen) atoms. The van der Waals surface area contributed by atoms with Crippen LogP contribution in [0.25, 0.3) is 0 Å². The lowest BCUT2D eigenvalue weighted by molar-refractivity contribution is -0.137. The molecule has 2 heterocycles. The van der Waals surface area contributed by atoms with Crippen LogP contribution in [-0.4, -0.2) is 32.8 Å². The first kappa shape index (κ1) is 19.8. The number of carbonyl (C=O) groups excluding carboxylic acids is 1. The minimum atomic E-state index is -4.43. The largest absolute Gasteiger partial charge is 0.474 e. The van der Waals surface area contributed by atoms with E-state index in [4.69, 9.17) is 4.74 Å². The Bertz CT molecular complexity index is 888. The standard InChI is InChI=1S/C18H19F3N4O3/c1-25-16(26)9-7-14(24-25)17(27)23-12-3-5-13(6-4-12)28-15-8-2-11(10-22-15)18(19,20)21/h2,7-10,12-13H,3-6H2,1H3,(H,23,27). The van der Waals surface area contributed by atoms with E-state index in [0.717, 1.165) is 16.9 Å². The van der Waals surface area contributed by atoms with Gasteiger partial charge >= 0.3 is 6.18 Å². The summed E-state index contributed by atoms with van der Waals surface area (Å²) >= 11 is 0. The van der Waals surface area contributed by atoms with Gasteiger partial charge in [-0.15, -0.1) is 0 Å². The van der Waals surface area contributed by atoms with Gasteiger partial charge in [0, 0.05) is 31.4 Å². The molecule has 0 aromatic carbocycles. The van der Waals surface area contributed by atoms with Gasteiger partial charge in [0.2, 0.25) is 5.88 Å². The Kier molecular flexibility index (Phi) is 5.66. The monoisotopic (exact) mass is 396 g/mol. The lowest BCUT2D eigenvalue weighted by Gasteiger charge is -2.29. The van der Waals surface area contributed by atoms with Gasteiger partial charge in [-0.2, -0.15) is 18.3 Å². The molecular weight excluding hydrogens is 377 g/mol. The molecule has 1 fully saturated rings. The van der Waals surface area contributed by atoms with Gasteiger partial charge in [-0.25, -0.2) is 9.67 Å². The molecule has 0 unspecified atom stereocenters. The zero-order chi connectivity index (χ0) is 20.3. The molecule has 7 nitrogen and oxygen atoms in total. The third-order valence-corrected chi connectivity index (χ3v) is 4.55. The average molecular weight is 396 g/mol. The van der Waals surface area contributed by atoms with Gasteiger partial charge in [-0.05, 0) is 37.8 Å². The van der Waals surface area contributed by atoms with E-state index in [0.29, 0.717) is 25.7 Å². The first-order valence-electron chi connectivity index (χ1n) is 8.77. The maximum absolute atomic E-state index is 12.6. The molecule has 1 amide bonds. The molecular formula is C18H19F3N4O3. The van der Waals surface area contributed by atoms with Crippen molar-refractivity contribution >= 4 is 5.91 Å². The van der Waals surface area contributed by atoms with E-state index in [1.54, 1.807) is 0 Å². The van der Waals surface area contributed by atoms with Crippen LogP contribution in [0, 0.1) is 0 Å². The Labute approximate surface area is 158 Å². The summed E-state index contributed by atoms with van der Waals surface area (Å²) in [5.41, 5.74) is -0.959. The molecule has 0 radical (unpaired) electrons. The Morgan fingerprint density at radius 2 is 1.89 bits per heavy atom. The number of nitrogens with one attached hydrogen (secondary N) is 1. The number of aromatic nitrogens is 3. The van der Waals surface area contributed by atoms with Gasteiger partial charge in [0.1, 0.15) is 11.8 Å². The van der Waals surface area contributed by atoms with E-state index in [1.807, 2.05) is 0 Å².